The van der Waals surface area contributed by atoms with Gasteiger partial charge in [0.15, 0.2) is 0 Å². The van der Waals surface area contributed by atoms with Gasteiger partial charge in [0.2, 0.25) is 0 Å². The molecule has 11 heteroatoms. The van der Waals surface area contributed by atoms with Crippen molar-refractivity contribution in [1.29, 1.82) is 0 Å². The maximum absolute atomic E-state index is 14.0. The molecule has 2 aliphatic heterocycles. The predicted molar refractivity (Wildman–Crippen MR) is 179 cm³/mol. The molecule has 0 aliphatic carbocycles. The van der Waals surface area contributed by atoms with Crippen molar-refractivity contribution in [2.45, 2.75) is 68.7 Å². The van der Waals surface area contributed by atoms with Gasteiger partial charge in [-0.15, -0.1) is 11.3 Å². The fourth-order valence-corrected chi connectivity index (χ4v) is 9.65. The topological polar surface area (TPSA) is 99.2 Å². The molecule has 3 aromatic carbocycles. The van der Waals surface area contributed by atoms with E-state index in [4.69, 9.17) is 16.3 Å². The first-order valence-corrected chi connectivity index (χ1v) is 17.8. The monoisotopic (exact) mass is 667 g/mol. The molecule has 1 saturated heterocycles. The van der Waals surface area contributed by atoms with E-state index in [1.54, 1.807) is 57.2 Å². The Hall–Kier alpha value is -2.99. The summed E-state index contributed by atoms with van der Waals surface area (Å²) in [5.41, 5.74) is 1.59. The van der Waals surface area contributed by atoms with Crippen LogP contribution < -0.4 is 9.46 Å². The molecule has 3 heterocycles. The maximum Gasteiger partial charge on any atom is 0.254 e. The number of ether oxygens (including phenoxy) is 1. The summed E-state index contributed by atoms with van der Waals surface area (Å²) in [5, 5.41) is 12.7. The number of sulfonamides is 1. The Bertz CT molecular complexity index is 1840. The Balaban J connectivity index is 1.28. The minimum Gasteiger partial charge on any atom is -0.485 e. The average molecular weight is 668 g/mol. The first-order valence-electron chi connectivity index (χ1n) is 15.2. The molecular formula is C34H38ClN3O5S2. The number of benzene rings is 3. The lowest BCUT2D eigenvalue weighted by Crippen LogP contribution is -2.53. The molecule has 0 radical (unpaired) electrons. The molecule has 1 aromatic heterocycles. The molecule has 6 rings (SSSR count). The van der Waals surface area contributed by atoms with Crippen molar-refractivity contribution in [3.05, 3.63) is 94.0 Å². The summed E-state index contributed by atoms with van der Waals surface area (Å²) >= 11 is 7.34. The minimum atomic E-state index is -4.08. The second-order valence-corrected chi connectivity index (χ2v) is 15.8. The molecule has 3 unspecified atom stereocenters. The van der Waals surface area contributed by atoms with Crippen LogP contribution in [0.4, 0.5) is 0 Å². The number of nitrogens with zero attached hydrogens (tertiary/aromatic N) is 2. The van der Waals surface area contributed by atoms with Gasteiger partial charge in [-0.05, 0) is 87.0 Å². The van der Waals surface area contributed by atoms with E-state index in [0.29, 0.717) is 34.0 Å². The fourth-order valence-electron chi connectivity index (χ4n) is 6.49. The number of hydrogen-bond donors (Lipinski definition) is 2. The van der Waals surface area contributed by atoms with Crippen LogP contribution in [-0.2, 0) is 16.6 Å². The lowest BCUT2D eigenvalue weighted by molar-refractivity contribution is -0.0603. The maximum atomic E-state index is 14.0. The van der Waals surface area contributed by atoms with Crippen molar-refractivity contribution in [1.82, 2.24) is 14.5 Å². The standard InChI is InChI=1S/C34H38ClN3O5S2/c1-5-38(25-15-16-37(20-25)19-22-9-7-6-8-10-22)32(40)23-11-13-28-27(17-23)30(31(39)34(3,4)43-28)36-45(41,42)33-21(2)26-18-24(35)12-14-29(26)44-33/h6-14,17-18,25,30-31,36,39H,5,15-16,19-20H2,1-4H3. The number of fused-ring (bicyclic) bond motifs is 2. The number of nitrogens with one attached hydrogen (secondary N) is 1. The number of aliphatic hydroxyl groups is 1. The van der Waals surface area contributed by atoms with Gasteiger partial charge < -0.3 is 14.7 Å². The zero-order chi connectivity index (χ0) is 32.1. The normalized spacial score (nSPS) is 21.4. The first-order chi connectivity index (χ1) is 21.4. The largest absolute Gasteiger partial charge is 0.485 e. The van der Waals surface area contributed by atoms with Gasteiger partial charge in [0.25, 0.3) is 15.9 Å². The molecule has 0 bridgehead atoms. The fraction of sp³-hybridized carbons (Fsp3) is 0.382. The van der Waals surface area contributed by atoms with Crippen molar-refractivity contribution >= 4 is 49.0 Å². The lowest BCUT2D eigenvalue weighted by atomic mass is 9.86. The van der Waals surface area contributed by atoms with Crippen molar-refractivity contribution < 1.29 is 23.1 Å². The molecule has 45 heavy (non-hydrogen) atoms. The van der Waals surface area contributed by atoms with E-state index in [1.165, 1.54) is 5.56 Å². The Labute approximate surface area is 273 Å². The molecule has 1 fully saturated rings. The van der Waals surface area contributed by atoms with Gasteiger partial charge in [-0.25, -0.2) is 13.1 Å². The van der Waals surface area contributed by atoms with Crippen LogP contribution >= 0.6 is 22.9 Å². The Morgan fingerprint density at radius 2 is 1.91 bits per heavy atom. The molecule has 2 N–H and O–H groups in total. The third-order valence-corrected chi connectivity index (χ3v) is 12.5. The van der Waals surface area contributed by atoms with Crippen molar-refractivity contribution in [3.8, 4) is 5.75 Å². The van der Waals surface area contributed by atoms with E-state index in [-0.39, 0.29) is 16.2 Å². The van der Waals surface area contributed by atoms with Gasteiger partial charge in [0, 0.05) is 53.1 Å². The van der Waals surface area contributed by atoms with Crippen LogP contribution in [-0.4, -0.2) is 66.6 Å². The van der Waals surface area contributed by atoms with E-state index in [9.17, 15) is 18.3 Å². The second kappa shape index (κ2) is 12.3. The van der Waals surface area contributed by atoms with Crippen LogP contribution in [0.5, 0.6) is 5.75 Å². The Morgan fingerprint density at radius 3 is 2.64 bits per heavy atom. The first kappa shape index (κ1) is 32.0. The predicted octanol–water partition coefficient (Wildman–Crippen LogP) is 6.15. The summed E-state index contributed by atoms with van der Waals surface area (Å²) in [5.74, 6) is 0.289. The minimum absolute atomic E-state index is 0.0572. The highest BCUT2D eigenvalue weighted by Crippen LogP contribution is 2.42. The number of carbonyl (C=O) groups excluding carboxylic acids is 1. The molecule has 0 spiro atoms. The number of rotatable bonds is 8. The van der Waals surface area contributed by atoms with Gasteiger partial charge in [-0.3, -0.25) is 9.69 Å². The smallest absolute Gasteiger partial charge is 0.254 e. The van der Waals surface area contributed by atoms with Gasteiger partial charge in [-0.2, -0.15) is 0 Å². The van der Waals surface area contributed by atoms with Crippen LogP contribution in [0.1, 0.15) is 60.3 Å². The lowest BCUT2D eigenvalue weighted by Gasteiger charge is -2.42. The molecule has 1 amide bonds. The third kappa shape index (κ3) is 6.24. The zero-order valence-electron chi connectivity index (χ0n) is 25.8. The number of aliphatic hydroxyl groups excluding tert-OH is 1. The summed E-state index contributed by atoms with van der Waals surface area (Å²) in [6.45, 7) is 10.2. The number of thiophene rings is 1. The molecule has 0 saturated carbocycles. The van der Waals surface area contributed by atoms with E-state index >= 15 is 0 Å². The van der Waals surface area contributed by atoms with Crippen LogP contribution in [0, 0.1) is 6.92 Å². The molecule has 4 aromatic rings. The van der Waals surface area contributed by atoms with Crippen molar-refractivity contribution in [2.75, 3.05) is 19.6 Å². The molecule has 8 nitrogen and oxygen atoms in total. The summed E-state index contributed by atoms with van der Waals surface area (Å²) in [6, 6.07) is 19.7. The molecular weight excluding hydrogens is 630 g/mol. The van der Waals surface area contributed by atoms with Crippen molar-refractivity contribution in [2.24, 2.45) is 0 Å². The summed E-state index contributed by atoms with van der Waals surface area (Å²) in [6.07, 6.45) is -0.354. The van der Waals surface area contributed by atoms with Crippen molar-refractivity contribution in [3.63, 3.8) is 0 Å². The number of halogens is 1. The van der Waals surface area contributed by atoms with Gasteiger partial charge in [0.05, 0.1) is 6.04 Å². The number of likely N-dealkylation sites (tertiary alicyclic amines) is 1. The SMILES string of the molecule is CCN(C(=O)c1ccc2c(c1)C(NS(=O)(=O)c1sc3ccc(Cl)cc3c1C)C(O)C(C)(C)O2)C1CCN(Cc2ccccc2)C1. The second-order valence-electron chi connectivity index (χ2n) is 12.4. The molecule has 2 aliphatic rings. The van der Waals surface area contributed by atoms with E-state index in [1.807, 2.05) is 30.0 Å². The van der Waals surface area contributed by atoms with Gasteiger partial charge in [0.1, 0.15) is 21.7 Å². The highest BCUT2D eigenvalue weighted by atomic mass is 35.5. The Morgan fingerprint density at radius 1 is 1.16 bits per heavy atom. The van der Waals surface area contributed by atoms with Crippen LogP contribution in [0.15, 0.2) is 70.9 Å². The third-order valence-electron chi connectivity index (χ3n) is 8.91. The quantitative estimate of drug-likeness (QED) is 0.234. The molecule has 3 atom stereocenters. The number of aryl methyl sites for hydroxylation is 1. The molecule has 238 valence electrons. The average Bonchev–Trinajstić information content (AvgIpc) is 3.60. The summed E-state index contributed by atoms with van der Waals surface area (Å²) in [7, 11) is -4.08. The van der Waals surface area contributed by atoms with E-state index in [0.717, 1.165) is 47.5 Å². The highest BCUT2D eigenvalue weighted by molar-refractivity contribution is 7.91. The van der Waals surface area contributed by atoms with Gasteiger partial charge >= 0.3 is 0 Å². The van der Waals surface area contributed by atoms with Crippen LogP contribution in [0.2, 0.25) is 5.02 Å². The number of likely N-dealkylation sites (N-methyl/N-ethyl adjacent to an activating group) is 1. The van der Waals surface area contributed by atoms with Crippen LogP contribution in [0.3, 0.4) is 0 Å². The number of hydrogen-bond acceptors (Lipinski definition) is 7. The number of amides is 1. The van der Waals surface area contributed by atoms with E-state index < -0.39 is 27.8 Å². The number of carbonyl (C=O) groups is 1. The summed E-state index contributed by atoms with van der Waals surface area (Å²) < 4.78 is 37.6. The highest BCUT2D eigenvalue weighted by Gasteiger charge is 2.45. The van der Waals surface area contributed by atoms with Crippen LogP contribution in [0.25, 0.3) is 10.1 Å². The van der Waals surface area contributed by atoms with E-state index in [2.05, 4.69) is 21.8 Å². The zero-order valence-corrected chi connectivity index (χ0v) is 28.2. The Kier molecular flexibility index (Phi) is 8.75. The summed E-state index contributed by atoms with van der Waals surface area (Å²) in [4.78, 5) is 18.2. The van der Waals surface area contributed by atoms with Gasteiger partial charge in [-0.1, -0.05) is 41.9 Å².